The van der Waals surface area contributed by atoms with E-state index in [1.807, 2.05) is 20.8 Å². The van der Waals surface area contributed by atoms with Crippen molar-refractivity contribution in [3.05, 3.63) is 11.7 Å². The number of aromatic nitrogens is 2. The summed E-state index contributed by atoms with van der Waals surface area (Å²) in [5.41, 5.74) is 6.01. The fourth-order valence-corrected chi connectivity index (χ4v) is 2.60. The Kier molecular flexibility index (Phi) is 4.78. The van der Waals surface area contributed by atoms with Crippen molar-refractivity contribution < 1.29 is 14.0 Å². The summed E-state index contributed by atoms with van der Waals surface area (Å²) in [6.07, 6.45) is 0.413. The average Bonchev–Trinajstić information content (AvgIpc) is 2.93. The summed E-state index contributed by atoms with van der Waals surface area (Å²) in [5, 5.41) is 3.99. The molecule has 1 fully saturated rings. The van der Waals surface area contributed by atoms with Crippen LogP contribution in [0.25, 0.3) is 0 Å². The highest BCUT2D eigenvalue weighted by atomic mass is 16.5. The van der Waals surface area contributed by atoms with Crippen molar-refractivity contribution in [1.82, 2.24) is 10.1 Å². The molecule has 2 heterocycles. The average molecular weight is 283 g/mol. The van der Waals surface area contributed by atoms with Gasteiger partial charge in [0.25, 0.3) is 0 Å². The maximum Gasteiger partial charge on any atom is 0.232 e. The summed E-state index contributed by atoms with van der Waals surface area (Å²) in [6, 6.07) is -0.361. The van der Waals surface area contributed by atoms with Crippen LogP contribution in [0.5, 0.6) is 0 Å². The molecule has 0 spiro atoms. The van der Waals surface area contributed by atoms with Crippen LogP contribution in [-0.2, 0) is 9.47 Å². The van der Waals surface area contributed by atoms with Gasteiger partial charge in [0.05, 0.1) is 36.9 Å². The zero-order valence-corrected chi connectivity index (χ0v) is 12.9. The van der Waals surface area contributed by atoms with Crippen LogP contribution in [0.4, 0.5) is 0 Å². The first-order chi connectivity index (χ1) is 9.40. The predicted molar refractivity (Wildman–Crippen MR) is 74.2 cm³/mol. The largest absolute Gasteiger partial charge is 0.377 e. The molecule has 0 amide bonds. The second kappa shape index (κ2) is 6.20. The van der Waals surface area contributed by atoms with Gasteiger partial charge >= 0.3 is 0 Å². The van der Waals surface area contributed by atoms with Crippen molar-refractivity contribution in [2.75, 3.05) is 6.61 Å². The SMILES string of the molecule is CC(C)OCC(N)c1noc(C2C(C)OC(C)C2C)n1. The van der Waals surface area contributed by atoms with Gasteiger partial charge in [-0.25, -0.2) is 0 Å². The lowest BCUT2D eigenvalue weighted by Crippen LogP contribution is -2.21. The molecule has 2 N–H and O–H groups in total. The smallest absolute Gasteiger partial charge is 0.232 e. The summed E-state index contributed by atoms with van der Waals surface area (Å²) in [6.45, 7) is 10.6. The zero-order valence-electron chi connectivity index (χ0n) is 12.9. The molecule has 1 saturated heterocycles. The normalized spacial score (nSPS) is 31.9. The van der Waals surface area contributed by atoms with Crippen molar-refractivity contribution >= 4 is 0 Å². The van der Waals surface area contributed by atoms with Crippen LogP contribution >= 0.6 is 0 Å². The van der Waals surface area contributed by atoms with Gasteiger partial charge in [-0.2, -0.15) is 4.98 Å². The molecule has 6 heteroatoms. The summed E-state index contributed by atoms with van der Waals surface area (Å²) >= 11 is 0. The van der Waals surface area contributed by atoms with Crippen molar-refractivity contribution in [3.63, 3.8) is 0 Å². The van der Waals surface area contributed by atoms with Gasteiger partial charge in [-0.15, -0.1) is 0 Å². The summed E-state index contributed by atoms with van der Waals surface area (Å²) < 4.78 is 16.7. The van der Waals surface area contributed by atoms with Gasteiger partial charge in [0, 0.05) is 0 Å². The lowest BCUT2D eigenvalue weighted by molar-refractivity contribution is 0.0542. The molecule has 5 atom stereocenters. The molecule has 0 aromatic carbocycles. The second-order valence-electron chi connectivity index (χ2n) is 5.91. The summed E-state index contributed by atoms with van der Waals surface area (Å²) in [4.78, 5) is 4.44. The minimum absolute atomic E-state index is 0.0800. The molecule has 20 heavy (non-hydrogen) atoms. The summed E-state index contributed by atoms with van der Waals surface area (Å²) in [7, 11) is 0. The molecule has 5 unspecified atom stereocenters. The number of rotatable bonds is 5. The number of nitrogens with zero attached hydrogens (tertiary/aromatic N) is 2. The van der Waals surface area contributed by atoms with Crippen LogP contribution in [0.3, 0.4) is 0 Å². The third kappa shape index (κ3) is 3.19. The van der Waals surface area contributed by atoms with Gasteiger partial charge in [-0.3, -0.25) is 0 Å². The van der Waals surface area contributed by atoms with Crippen LogP contribution < -0.4 is 5.73 Å². The minimum atomic E-state index is -0.361. The first kappa shape index (κ1) is 15.4. The topological polar surface area (TPSA) is 83.4 Å². The van der Waals surface area contributed by atoms with E-state index in [2.05, 4.69) is 24.0 Å². The van der Waals surface area contributed by atoms with Gasteiger partial charge < -0.3 is 19.7 Å². The van der Waals surface area contributed by atoms with Crippen LogP contribution in [-0.4, -0.2) is 35.1 Å². The van der Waals surface area contributed by atoms with E-state index in [4.69, 9.17) is 19.7 Å². The molecule has 0 bridgehead atoms. The molecule has 1 aliphatic heterocycles. The van der Waals surface area contributed by atoms with Crippen molar-refractivity contribution in [1.29, 1.82) is 0 Å². The van der Waals surface area contributed by atoms with Gasteiger partial charge in [-0.05, 0) is 33.6 Å². The van der Waals surface area contributed by atoms with E-state index in [9.17, 15) is 0 Å². The van der Waals surface area contributed by atoms with Crippen molar-refractivity contribution in [2.24, 2.45) is 11.7 Å². The number of hydrogen-bond acceptors (Lipinski definition) is 6. The van der Waals surface area contributed by atoms with Crippen LogP contribution in [0.1, 0.15) is 58.3 Å². The molecule has 0 radical (unpaired) electrons. The fraction of sp³-hybridized carbons (Fsp3) is 0.857. The van der Waals surface area contributed by atoms with E-state index in [-0.39, 0.29) is 30.3 Å². The lowest BCUT2D eigenvalue weighted by Gasteiger charge is -2.13. The predicted octanol–water partition coefficient (Wildman–Crippen LogP) is 2.02. The first-order valence-corrected chi connectivity index (χ1v) is 7.26. The van der Waals surface area contributed by atoms with E-state index in [1.165, 1.54) is 0 Å². The van der Waals surface area contributed by atoms with Gasteiger partial charge in [-0.1, -0.05) is 12.1 Å². The Labute approximate surface area is 120 Å². The fourth-order valence-electron chi connectivity index (χ4n) is 2.60. The Hall–Kier alpha value is -0.980. The van der Waals surface area contributed by atoms with E-state index in [0.29, 0.717) is 24.2 Å². The lowest BCUT2D eigenvalue weighted by atomic mass is 9.89. The Morgan fingerprint density at radius 3 is 2.50 bits per heavy atom. The monoisotopic (exact) mass is 283 g/mol. The molecule has 0 saturated carbocycles. The molecular weight excluding hydrogens is 258 g/mol. The van der Waals surface area contributed by atoms with Gasteiger partial charge in [0.2, 0.25) is 5.89 Å². The first-order valence-electron chi connectivity index (χ1n) is 7.26. The van der Waals surface area contributed by atoms with E-state index in [0.717, 1.165) is 0 Å². The standard InChI is InChI=1S/C14H25N3O3/c1-7(2)18-6-11(15)13-16-14(20-17-13)12-8(3)9(4)19-10(12)5/h7-12H,6,15H2,1-5H3. The van der Waals surface area contributed by atoms with Gasteiger partial charge in [0.15, 0.2) is 5.82 Å². The molecule has 1 aliphatic rings. The molecule has 6 nitrogen and oxygen atoms in total. The van der Waals surface area contributed by atoms with Crippen LogP contribution in [0.2, 0.25) is 0 Å². The Morgan fingerprint density at radius 2 is 1.95 bits per heavy atom. The third-order valence-corrected chi connectivity index (χ3v) is 3.93. The highest BCUT2D eigenvalue weighted by Crippen LogP contribution is 2.39. The zero-order chi connectivity index (χ0) is 14.9. The Morgan fingerprint density at radius 1 is 1.25 bits per heavy atom. The third-order valence-electron chi connectivity index (χ3n) is 3.93. The van der Waals surface area contributed by atoms with Crippen LogP contribution in [0, 0.1) is 5.92 Å². The highest BCUT2D eigenvalue weighted by molar-refractivity contribution is 5.05. The number of hydrogen-bond donors (Lipinski definition) is 1. The Bertz CT molecular complexity index is 435. The van der Waals surface area contributed by atoms with E-state index < -0.39 is 0 Å². The van der Waals surface area contributed by atoms with Crippen molar-refractivity contribution in [2.45, 2.75) is 64.9 Å². The molecule has 2 rings (SSSR count). The van der Waals surface area contributed by atoms with Crippen LogP contribution in [0.15, 0.2) is 4.52 Å². The number of ether oxygens (including phenoxy) is 2. The second-order valence-corrected chi connectivity index (χ2v) is 5.91. The van der Waals surface area contributed by atoms with Gasteiger partial charge in [0.1, 0.15) is 0 Å². The molecule has 0 aliphatic carbocycles. The van der Waals surface area contributed by atoms with E-state index >= 15 is 0 Å². The molecule has 1 aromatic heterocycles. The molecule has 114 valence electrons. The van der Waals surface area contributed by atoms with E-state index in [1.54, 1.807) is 0 Å². The minimum Gasteiger partial charge on any atom is -0.377 e. The maximum atomic E-state index is 6.01. The molecule has 1 aromatic rings. The Balaban J connectivity index is 2.05. The summed E-state index contributed by atoms with van der Waals surface area (Å²) in [5.74, 6) is 1.59. The number of nitrogens with two attached hydrogens (primary N) is 1. The molecular formula is C14H25N3O3. The quantitative estimate of drug-likeness (QED) is 0.890. The highest BCUT2D eigenvalue weighted by Gasteiger charge is 2.41. The maximum absolute atomic E-state index is 6.01. The van der Waals surface area contributed by atoms with Crippen molar-refractivity contribution in [3.8, 4) is 0 Å².